The monoisotopic (exact) mass is 222 g/mol. The van der Waals surface area contributed by atoms with E-state index in [1.165, 1.54) is 5.01 Å². The average Bonchev–Trinajstić information content (AvgIpc) is 2.21. The van der Waals surface area contributed by atoms with E-state index in [1.54, 1.807) is 11.9 Å². The minimum absolute atomic E-state index is 0.359. The zero-order valence-corrected chi connectivity index (χ0v) is 10.2. The van der Waals surface area contributed by atoms with Crippen molar-refractivity contribution in [3.8, 4) is 0 Å². The Bertz CT molecular complexity index is 364. The van der Waals surface area contributed by atoms with E-state index in [9.17, 15) is 4.79 Å². The van der Waals surface area contributed by atoms with Crippen LogP contribution in [0.3, 0.4) is 0 Å². The number of hydrogen-bond donors (Lipinski definition) is 0. The number of amides is 1. The number of anilines is 1. The summed E-state index contributed by atoms with van der Waals surface area (Å²) < 4.78 is 5.02. The van der Waals surface area contributed by atoms with Gasteiger partial charge in [0.25, 0.3) is 0 Å². The molecule has 0 radical (unpaired) electrons. The van der Waals surface area contributed by atoms with E-state index >= 15 is 0 Å². The van der Waals surface area contributed by atoms with E-state index in [1.807, 2.05) is 45.3 Å². The molecule has 16 heavy (non-hydrogen) atoms. The fourth-order valence-corrected chi connectivity index (χ4v) is 1.46. The molecule has 0 aliphatic rings. The predicted molar refractivity (Wildman–Crippen MR) is 64.4 cm³/mol. The summed E-state index contributed by atoms with van der Waals surface area (Å²) in [4.78, 5) is 11.8. The molecule has 1 rings (SSSR count). The molecule has 1 aromatic carbocycles. The fourth-order valence-electron chi connectivity index (χ4n) is 1.46. The Balaban J connectivity index is 3.03. The normalized spacial score (nSPS) is 10.3. The largest absolute Gasteiger partial charge is 0.448 e. The van der Waals surface area contributed by atoms with E-state index in [4.69, 9.17) is 4.74 Å². The summed E-state index contributed by atoms with van der Waals surface area (Å²) in [7, 11) is 3.62. The van der Waals surface area contributed by atoms with E-state index < -0.39 is 0 Å². The molecular formula is C12H18N2O2. The van der Waals surface area contributed by atoms with Crippen LogP contribution in [0.15, 0.2) is 24.3 Å². The standard InChI is InChI=1S/C12H18N2O2/c1-5-16-12(15)14(13(3)4)11-9-7-6-8-10(11)2/h6-9H,5H2,1-4H3. The van der Waals surface area contributed by atoms with Crippen LogP contribution in [0.5, 0.6) is 0 Å². The number of hydrogen-bond acceptors (Lipinski definition) is 3. The number of para-hydroxylation sites is 1. The van der Waals surface area contributed by atoms with Gasteiger partial charge >= 0.3 is 6.09 Å². The summed E-state index contributed by atoms with van der Waals surface area (Å²) in [6.07, 6.45) is -0.359. The number of carbonyl (C=O) groups excluding carboxylic acids is 1. The third kappa shape index (κ3) is 2.73. The second-order valence-corrected chi connectivity index (χ2v) is 3.64. The van der Waals surface area contributed by atoms with Crippen LogP contribution >= 0.6 is 0 Å². The lowest BCUT2D eigenvalue weighted by Crippen LogP contribution is -2.42. The van der Waals surface area contributed by atoms with E-state index in [2.05, 4.69) is 0 Å². The maximum Gasteiger partial charge on any atom is 0.429 e. The number of benzene rings is 1. The SMILES string of the molecule is CCOC(=O)N(c1ccccc1C)N(C)C. The molecule has 0 saturated carbocycles. The molecule has 88 valence electrons. The van der Waals surface area contributed by atoms with E-state index in [-0.39, 0.29) is 6.09 Å². The first kappa shape index (κ1) is 12.5. The molecule has 1 aromatic rings. The number of carbonyl (C=O) groups is 1. The van der Waals surface area contributed by atoms with Crippen molar-refractivity contribution in [1.29, 1.82) is 0 Å². The topological polar surface area (TPSA) is 32.8 Å². The molecule has 0 fully saturated rings. The van der Waals surface area contributed by atoms with Gasteiger partial charge in [-0.25, -0.2) is 14.8 Å². The van der Waals surface area contributed by atoms with Crippen molar-refractivity contribution in [3.63, 3.8) is 0 Å². The third-order valence-corrected chi connectivity index (χ3v) is 2.18. The molecule has 0 atom stereocenters. The lowest BCUT2D eigenvalue weighted by Gasteiger charge is -2.28. The Kier molecular flexibility index (Phi) is 4.31. The highest BCUT2D eigenvalue weighted by molar-refractivity contribution is 5.87. The third-order valence-electron chi connectivity index (χ3n) is 2.18. The molecule has 0 bridgehead atoms. The number of ether oxygens (including phenoxy) is 1. The zero-order chi connectivity index (χ0) is 12.1. The Hall–Kier alpha value is -1.55. The molecule has 4 nitrogen and oxygen atoms in total. The van der Waals surface area contributed by atoms with Crippen LogP contribution in [0.4, 0.5) is 10.5 Å². The van der Waals surface area contributed by atoms with Crippen LogP contribution in [-0.4, -0.2) is 31.8 Å². The quantitative estimate of drug-likeness (QED) is 0.736. The van der Waals surface area contributed by atoms with Crippen molar-refractivity contribution in [1.82, 2.24) is 5.01 Å². The van der Waals surface area contributed by atoms with Crippen LogP contribution in [0.25, 0.3) is 0 Å². The molecule has 1 amide bonds. The molecule has 0 saturated heterocycles. The van der Waals surface area contributed by atoms with Crippen molar-refractivity contribution < 1.29 is 9.53 Å². The summed E-state index contributed by atoms with van der Waals surface area (Å²) in [5.41, 5.74) is 1.87. The van der Waals surface area contributed by atoms with Crippen LogP contribution in [0.2, 0.25) is 0 Å². The van der Waals surface area contributed by atoms with Crippen molar-refractivity contribution in [2.24, 2.45) is 0 Å². The highest BCUT2D eigenvalue weighted by Crippen LogP contribution is 2.20. The smallest absolute Gasteiger partial charge is 0.429 e. The second-order valence-electron chi connectivity index (χ2n) is 3.64. The van der Waals surface area contributed by atoms with Crippen molar-refractivity contribution in [2.45, 2.75) is 13.8 Å². The van der Waals surface area contributed by atoms with Gasteiger partial charge in [0.2, 0.25) is 0 Å². The van der Waals surface area contributed by atoms with Gasteiger partial charge in [-0.3, -0.25) is 0 Å². The van der Waals surface area contributed by atoms with Crippen molar-refractivity contribution in [3.05, 3.63) is 29.8 Å². The Labute approximate surface area is 96.4 Å². The second kappa shape index (κ2) is 5.51. The Morgan fingerprint density at radius 3 is 2.44 bits per heavy atom. The van der Waals surface area contributed by atoms with Crippen LogP contribution < -0.4 is 5.01 Å². The number of aryl methyl sites for hydroxylation is 1. The summed E-state index contributed by atoms with van der Waals surface area (Å²) in [6.45, 7) is 4.13. The predicted octanol–water partition coefficient (Wildman–Crippen LogP) is 2.43. The van der Waals surface area contributed by atoms with Gasteiger partial charge < -0.3 is 4.74 Å². The first-order valence-corrected chi connectivity index (χ1v) is 5.27. The van der Waals surface area contributed by atoms with Gasteiger partial charge in [-0.1, -0.05) is 18.2 Å². The van der Waals surface area contributed by atoms with Gasteiger partial charge in [-0.05, 0) is 25.5 Å². The minimum Gasteiger partial charge on any atom is -0.448 e. The number of hydrazine groups is 1. The van der Waals surface area contributed by atoms with Gasteiger partial charge in [0.1, 0.15) is 0 Å². The summed E-state index contributed by atoms with van der Waals surface area (Å²) >= 11 is 0. The lowest BCUT2D eigenvalue weighted by molar-refractivity contribution is 0.144. The van der Waals surface area contributed by atoms with Crippen LogP contribution in [-0.2, 0) is 4.74 Å². The van der Waals surface area contributed by atoms with Gasteiger partial charge in [0.05, 0.1) is 12.3 Å². The van der Waals surface area contributed by atoms with Gasteiger partial charge in [0.15, 0.2) is 0 Å². The minimum atomic E-state index is -0.359. The highest BCUT2D eigenvalue weighted by Gasteiger charge is 2.20. The van der Waals surface area contributed by atoms with Gasteiger partial charge in [-0.2, -0.15) is 0 Å². The first-order valence-electron chi connectivity index (χ1n) is 5.27. The molecule has 0 heterocycles. The average molecular weight is 222 g/mol. The maximum absolute atomic E-state index is 11.8. The summed E-state index contributed by atoms with van der Waals surface area (Å²) in [6, 6.07) is 7.70. The molecule has 0 aliphatic carbocycles. The van der Waals surface area contributed by atoms with E-state index in [0.717, 1.165) is 11.3 Å². The first-order chi connectivity index (χ1) is 7.57. The van der Waals surface area contributed by atoms with Gasteiger partial charge in [0, 0.05) is 14.1 Å². The van der Waals surface area contributed by atoms with E-state index in [0.29, 0.717) is 6.61 Å². The van der Waals surface area contributed by atoms with Crippen LogP contribution in [0.1, 0.15) is 12.5 Å². The maximum atomic E-state index is 11.8. The van der Waals surface area contributed by atoms with Crippen LogP contribution in [0, 0.1) is 6.92 Å². The fraction of sp³-hybridized carbons (Fsp3) is 0.417. The summed E-state index contributed by atoms with van der Waals surface area (Å²) in [5, 5.41) is 3.22. The van der Waals surface area contributed by atoms with Gasteiger partial charge in [-0.15, -0.1) is 0 Å². The summed E-state index contributed by atoms with van der Waals surface area (Å²) in [5.74, 6) is 0. The number of nitrogens with zero attached hydrogens (tertiary/aromatic N) is 2. The Morgan fingerprint density at radius 1 is 1.31 bits per heavy atom. The molecule has 0 unspecified atom stereocenters. The zero-order valence-electron chi connectivity index (χ0n) is 10.2. The lowest BCUT2D eigenvalue weighted by atomic mass is 10.2. The molecule has 0 aromatic heterocycles. The molecular weight excluding hydrogens is 204 g/mol. The Morgan fingerprint density at radius 2 is 1.94 bits per heavy atom. The highest BCUT2D eigenvalue weighted by atomic mass is 16.6. The van der Waals surface area contributed by atoms with Crippen molar-refractivity contribution >= 4 is 11.8 Å². The molecule has 0 aliphatic heterocycles. The molecule has 4 heteroatoms. The molecule has 0 N–H and O–H groups in total. The molecule has 0 spiro atoms. The van der Waals surface area contributed by atoms with Crippen molar-refractivity contribution in [2.75, 3.05) is 25.7 Å². The number of rotatable bonds is 3.